The molecule has 0 atom stereocenters. The van der Waals surface area contributed by atoms with Crippen molar-refractivity contribution >= 4 is 29.5 Å². The van der Waals surface area contributed by atoms with Gasteiger partial charge in [0.2, 0.25) is 0 Å². The molecule has 26 heavy (non-hydrogen) atoms. The third-order valence-corrected chi connectivity index (χ3v) is 6.09. The van der Waals surface area contributed by atoms with Crippen molar-refractivity contribution in [2.75, 3.05) is 0 Å². The Labute approximate surface area is 164 Å². The van der Waals surface area contributed by atoms with Crippen LogP contribution in [0.5, 0.6) is 0 Å². The van der Waals surface area contributed by atoms with Gasteiger partial charge < -0.3 is 0 Å². The van der Waals surface area contributed by atoms with Gasteiger partial charge in [0.1, 0.15) is 6.29 Å². The molecule has 2 saturated carbocycles. The van der Waals surface area contributed by atoms with E-state index in [-0.39, 0.29) is 5.41 Å². The number of benzene rings is 2. The van der Waals surface area contributed by atoms with Crippen molar-refractivity contribution in [2.45, 2.75) is 37.5 Å². The lowest BCUT2D eigenvalue weighted by Gasteiger charge is -2.19. The Kier molecular flexibility index (Phi) is 4.77. The number of carbonyl (C=O) groups excluding carboxylic acids is 1. The molecule has 2 aliphatic rings. The molecular formula is C23H20Cl2O. The first-order valence-electron chi connectivity index (χ1n) is 9.09. The Bertz CT molecular complexity index is 835. The highest BCUT2D eigenvalue weighted by atomic mass is 35.5. The van der Waals surface area contributed by atoms with Crippen molar-refractivity contribution in [3.8, 4) is 0 Å². The summed E-state index contributed by atoms with van der Waals surface area (Å²) in [6.45, 7) is 0. The number of hydrogen-bond donors (Lipinski definition) is 0. The Morgan fingerprint density at radius 3 is 1.73 bits per heavy atom. The fraction of sp³-hybridized carbons (Fsp3) is 0.261. The molecule has 3 heteroatoms. The van der Waals surface area contributed by atoms with Crippen LogP contribution in [0.3, 0.4) is 0 Å². The van der Waals surface area contributed by atoms with Gasteiger partial charge in [-0.05, 0) is 78.3 Å². The lowest BCUT2D eigenvalue weighted by molar-refractivity contribution is -0.104. The van der Waals surface area contributed by atoms with Crippen LogP contribution in [0.25, 0.3) is 0 Å². The Morgan fingerprint density at radius 2 is 1.27 bits per heavy atom. The first-order chi connectivity index (χ1) is 12.7. The summed E-state index contributed by atoms with van der Waals surface area (Å²) in [4.78, 5) is 11.4. The molecule has 4 rings (SSSR count). The molecule has 2 aromatic rings. The molecule has 1 nitrogen and oxygen atoms in total. The number of aldehydes is 1. The Morgan fingerprint density at radius 1 is 0.769 bits per heavy atom. The molecule has 0 saturated heterocycles. The molecule has 0 N–H and O–H groups in total. The van der Waals surface area contributed by atoms with Gasteiger partial charge in [-0.3, -0.25) is 4.79 Å². The molecule has 0 unspecified atom stereocenters. The fourth-order valence-electron chi connectivity index (χ4n) is 4.43. The second-order valence-electron chi connectivity index (χ2n) is 7.02. The minimum atomic E-state index is -0.344. The molecule has 132 valence electrons. The molecular weight excluding hydrogens is 363 g/mol. The van der Waals surface area contributed by atoms with Crippen LogP contribution in [0.4, 0.5) is 0 Å². The van der Waals surface area contributed by atoms with E-state index in [1.165, 1.54) is 30.4 Å². The van der Waals surface area contributed by atoms with Gasteiger partial charge in [-0.2, -0.15) is 0 Å². The summed E-state index contributed by atoms with van der Waals surface area (Å²) < 4.78 is 0. The number of allylic oxidation sites excluding steroid dienone is 4. The van der Waals surface area contributed by atoms with Crippen LogP contribution in [-0.4, -0.2) is 6.29 Å². The highest BCUT2D eigenvalue weighted by Gasteiger charge is 2.58. The van der Waals surface area contributed by atoms with Gasteiger partial charge in [-0.25, -0.2) is 0 Å². The average molecular weight is 383 g/mol. The molecule has 2 fully saturated rings. The predicted octanol–water partition coefficient (Wildman–Crippen LogP) is 6.68. The first-order valence-corrected chi connectivity index (χ1v) is 9.84. The van der Waals surface area contributed by atoms with Gasteiger partial charge in [0.15, 0.2) is 0 Å². The van der Waals surface area contributed by atoms with Crippen LogP contribution in [0.2, 0.25) is 10.0 Å². The van der Waals surface area contributed by atoms with Crippen molar-refractivity contribution < 1.29 is 4.79 Å². The maximum Gasteiger partial charge on any atom is 0.143 e. The molecule has 0 spiro atoms. The molecule has 0 heterocycles. The smallest absolute Gasteiger partial charge is 0.143 e. The monoisotopic (exact) mass is 382 g/mol. The van der Waals surface area contributed by atoms with Gasteiger partial charge in [-0.15, -0.1) is 0 Å². The lowest BCUT2D eigenvalue weighted by Crippen LogP contribution is -2.11. The summed E-state index contributed by atoms with van der Waals surface area (Å²) >= 11 is 12.3. The van der Waals surface area contributed by atoms with Crippen molar-refractivity contribution in [1.29, 1.82) is 0 Å². The fourth-order valence-corrected chi connectivity index (χ4v) is 4.68. The van der Waals surface area contributed by atoms with E-state index in [0.29, 0.717) is 10.0 Å². The minimum absolute atomic E-state index is 0.344. The number of hydrogen-bond acceptors (Lipinski definition) is 1. The zero-order valence-electron chi connectivity index (χ0n) is 14.5. The maximum absolute atomic E-state index is 11.4. The summed E-state index contributed by atoms with van der Waals surface area (Å²) in [7, 11) is 0. The van der Waals surface area contributed by atoms with E-state index in [4.69, 9.17) is 23.2 Å². The summed E-state index contributed by atoms with van der Waals surface area (Å²) in [6.07, 6.45) is 8.63. The van der Waals surface area contributed by atoms with Crippen LogP contribution >= 0.6 is 23.2 Å². The molecule has 0 aliphatic heterocycles. The second kappa shape index (κ2) is 7.06. The van der Waals surface area contributed by atoms with E-state index in [2.05, 4.69) is 24.3 Å². The van der Waals surface area contributed by atoms with Crippen molar-refractivity contribution in [3.63, 3.8) is 0 Å². The lowest BCUT2D eigenvalue weighted by atomic mass is 9.84. The zero-order chi connectivity index (χ0) is 18.1. The van der Waals surface area contributed by atoms with Crippen LogP contribution in [0.1, 0.15) is 43.2 Å². The highest BCUT2D eigenvalue weighted by molar-refractivity contribution is 6.30. The number of carbonyl (C=O) groups is 1. The third-order valence-electron chi connectivity index (χ3n) is 5.59. The summed E-state index contributed by atoms with van der Waals surface area (Å²) in [5.74, 6) is 0. The van der Waals surface area contributed by atoms with Gasteiger partial charge >= 0.3 is 0 Å². The van der Waals surface area contributed by atoms with E-state index in [1.54, 1.807) is 6.08 Å². The molecule has 0 amide bonds. The van der Waals surface area contributed by atoms with E-state index in [9.17, 15) is 4.79 Å². The molecule has 2 aromatic carbocycles. The van der Waals surface area contributed by atoms with Crippen LogP contribution in [0.15, 0.2) is 71.3 Å². The first kappa shape index (κ1) is 17.6. The SMILES string of the molecule is O=C/C=C1\C(=C2CCCCC2)C1(c1ccc(Cl)cc1)c1ccc(Cl)cc1. The van der Waals surface area contributed by atoms with Gasteiger partial charge in [0.25, 0.3) is 0 Å². The average Bonchev–Trinajstić information content (AvgIpc) is 3.33. The number of halogens is 2. The van der Waals surface area contributed by atoms with Crippen LogP contribution in [0, 0.1) is 0 Å². The largest absolute Gasteiger partial charge is 0.299 e. The van der Waals surface area contributed by atoms with Gasteiger partial charge in [-0.1, -0.05) is 59.5 Å². The van der Waals surface area contributed by atoms with Gasteiger partial charge in [0, 0.05) is 10.0 Å². The Hall–Kier alpha value is -1.83. The van der Waals surface area contributed by atoms with Crippen LogP contribution < -0.4 is 0 Å². The highest BCUT2D eigenvalue weighted by Crippen LogP contribution is 2.65. The van der Waals surface area contributed by atoms with E-state index >= 15 is 0 Å². The number of rotatable bonds is 3. The predicted molar refractivity (Wildman–Crippen MR) is 108 cm³/mol. The normalized spacial score (nSPS) is 20.3. The molecule has 2 aliphatic carbocycles. The second-order valence-corrected chi connectivity index (χ2v) is 7.89. The van der Waals surface area contributed by atoms with E-state index in [1.807, 2.05) is 24.3 Å². The zero-order valence-corrected chi connectivity index (χ0v) is 16.0. The minimum Gasteiger partial charge on any atom is -0.299 e. The van der Waals surface area contributed by atoms with Gasteiger partial charge in [0.05, 0.1) is 5.41 Å². The topological polar surface area (TPSA) is 17.1 Å². The van der Waals surface area contributed by atoms with Crippen molar-refractivity contribution in [2.24, 2.45) is 0 Å². The maximum atomic E-state index is 11.4. The quantitative estimate of drug-likeness (QED) is 0.427. The van der Waals surface area contributed by atoms with E-state index in [0.717, 1.165) is 35.8 Å². The van der Waals surface area contributed by atoms with Crippen molar-refractivity contribution in [3.05, 3.63) is 92.5 Å². The summed E-state index contributed by atoms with van der Waals surface area (Å²) in [6, 6.07) is 16.0. The third kappa shape index (κ3) is 2.84. The standard InChI is InChI=1S/C23H20Cl2O/c24-19-10-6-17(7-11-19)23(18-8-12-20(25)13-9-18)21(14-15-26)22(23)16-4-2-1-3-5-16/h6-15H,1-5H2/b21-14+. The molecule has 0 radical (unpaired) electrons. The van der Waals surface area contributed by atoms with E-state index < -0.39 is 0 Å². The summed E-state index contributed by atoms with van der Waals surface area (Å²) in [5, 5.41) is 1.43. The molecule has 0 bridgehead atoms. The summed E-state index contributed by atoms with van der Waals surface area (Å²) in [5.41, 5.74) is 5.91. The van der Waals surface area contributed by atoms with Crippen molar-refractivity contribution in [1.82, 2.24) is 0 Å². The van der Waals surface area contributed by atoms with Crippen LogP contribution in [-0.2, 0) is 10.2 Å². The molecule has 0 aromatic heterocycles. The Balaban J connectivity index is 1.96.